The Kier molecular flexibility index (Phi) is 4.11. The van der Waals surface area contributed by atoms with Crippen molar-refractivity contribution in [2.45, 2.75) is 11.9 Å². The molecule has 1 aliphatic rings. The van der Waals surface area contributed by atoms with Crippen molar-refractivity contribution in [1.82, 2.24) is 4.90 Å². The van der Waals surface area contributed by atoms with Crippen molar-refractivity contribution in [3.8, 4) is 0 Å². The maximum Gasteiger partial charge on any atom is 0.275 e. The van der Waals surface area contributed by atoms with Gasteiger partial charge in [0.1, 0.15) is 5.37 Å². The number of para-hydroxylation sites is 1. The van der Waals surface area contributed by atoms with Crippen LogP contribution in [-0.2, 0) is 11.3 Å². The zero-order chi connectivity index (χ0) is 15.5. The average Bonchev–Trinajstić information content (AvgIpc) is 2.89. The number of nitrogens with zero attached hydrogens (tertiary/aromatic N) is 2. The number of benzene rings is 2. The lowest BCUT2D eigenvalue weighted by Crippen LogP contribution is -2.28. The number of amides is 1. The van der Waals surface area contributed by atoms with Gasteiger partial charge in [-0.1, -0.05) is 42.5 Å². The molecule has 0 spiro atoms. The molecule has 3 rings (SSSR count). The fourth-order valence-corrected chi connectivity index (χ4v) is 3.74. The Bertz CT molecular complexity index is 706. The van der Waals surface area contributed by atoms with Gasteiger partial charge in [-0.05, 0) is 11.6 Å². The van der Waals surface area contributed by atoms with Gasteiger partial charge in [0.05, 0.1) is 16.2 Å². The molecule has 2 aromatic carbocycles. The van der Waals surface area contributed by atoms with Crippen molar-refractivity contribution < 1.29 is 9.72 Å². The van der Waals surface area contributed by atoms with Crippen molar-refractivity contribution >= 4 is 23.4 Å². The van der Waals surface area contributed by atoms with Gasteiger partial charge in [-0.3, -0.25) is 14.9 Å². The van der Waals surface area contributed by atoms with Gasteiger partial charge in [0.15, 0.2) is 0 Å². The van der Waals surface area contributed by atoms with E-state index >= 15 is 0 Å². The molecule has 1 atom stereocenters. The molecule has 0 radical (unpaired) electrons. The Morgan fingerprint density at radius 3 is 2.55 bits per heavy atom. The van der Waals surface area contributed by atoms with Gasteiger partial charge in [0.2, 0.25) is 5.91 Å². The predicted octanol–water partition coefficient (Wildman–Crippen LogP) is 3.37. The lowest BCUT2D eigenvalue weighted by Gasteiger charge is -2.24. The number of nitro benzene ring substituents is 1. The molecule has 0 aromatic heterocycles. The van der Waals surface area contributed by atoms with Crippen molar-refractivity contribution in [2.24, 2.45) is 0 Å². The number of thioether (sulfide) groups is 1. The third-order valence-electron chi connectivity index (χ3n) is 3.56. The average molecular weight is 314 g/mol. The number of nitro groups is 1. The first-order valence-corrected chi connectivity index (χ1v) is 7.90. The van der Waals surface area contributed by atoms with Gasteiger partial charge in [-0.15, -0.1) is 11.8 Å². The van der Waals surface area contributed by atoms with Gasteiger partial charge in [-0.25, -0.2) is 0 Å². The second-order valence-corrected chi connectivity index (χ2v) is 6.06. The Hall–Kier alpha value is -2.34. The van der Waals surface area contributed by atoms with Crippen LogP contribution < -0.4 is 0 Å². The van der Waals surface area contributed by atoms with Crippen molar-refractivity contribution in [3.05, 3.63) is 75.8 Å². The summed E-state index contributed by atoms with van der Waals surface area (Å²) in [5, 5.41) is 10.9. The zero-order valence-corrected chi connectivity index (χ0v) is 12.5. The van der Waals surface area contributed by atoms with Crippen molar-refractivity contribution in [3.63, 3.8) is 0 Å². The largest absolute Gasteiger partial charge is 0.321 e. The summed E-state index contributed by atoms with van der Waals surface area (Å²) in [6.07, 6.45) is 0. The monoisotopic (exact) mass is 314 g/mol. The van der Waals surface area contributed by atoms with Crippen molar-refractivity contribution in [2.75, 3.05) is 5.75 Å². The molecular weight excluding hydrogens is 300 g/mol. The van der Waals surface area contributed by atoms with E-state index in [9.17, 15) is 14.9 Å². The van der Waals surface area contributed by atoms with Crippen LogP contribution in [0.2, 0.25) is 0 Å². The van der Waals surface area contributed by atoms with Crippen LogP contribution in [0, 0.1) is 10.1 Å². The van der Waals surface area contributed by atoms with Gasteiger partial charge < -0.3 is 4.90 Å². The first-order valence-electron chi connectivity index (χ1n) is 6.85. The van der Waals surface area contributed by atoms with Gasteiger partial charge >= 0.3 is 0 Å². The van der Waals surface area contributed by atoms with Crippen LogP contribution in [0.15, 0.2) is 54.6 Å². The number of carbonyl (C=O) groups is 1. The predicted molar refractivity (Wildman–Crippen MR) is 85.3 cm³/mol. The normalized spacial score (nSPS) is 17.7. The van der Waals surface area contributed by atoms with E-state index in [0.29, 0.717) is 17.9 Å². The molecule has 1 heterocycles. The van der Waals surface area contributed by atoms with Gasteiger partial charge in [0, 0.05) is 12.6 Å². The lowest BCUT2D eigenvalue weighted by molar-refractivity contribution is -0.385. The Morgan fingerprint density at radius 2 is 1.82 bits per heavy atom. The SMILES string of the molecule is O=C1CSC(c2ccccc2[N+](=O)[O-])N1Cc1ccccc1. The molecule has 1 fully saturated rings. The molecule has 112 valence electrons. The fraction of sp³-hybridized carbons (Fsp3) is 0.188. The second-order valence-electron chi connectivity index (χ2n) is 4.99. The lowest BCUT2D eigenvalue weighted by atomic mass is 10.1. The zero-order valence-electron chi connectivity index (χ0n) is 11.7. The van der Waals surface area contributed by atoms with Crippen LogP contribution >= 0.6 is 11.8 Å². The van der Waals surface area contributed by atoms with Crippen LogP contribution in [0.4, 0.5) is 5.69 Å². The third-order valence-corrected chi connectivity index (χ3v) is 4.80. The quantitative estimate of drug-likeness (QED) is 0.641. The topological polar surface area (TPSA) is 63.4 Å². The Balaban J connectivity index is 1.93. The first kappa shape index (κ1) is 14.6. The summed E-state index contributed by atoms with van der Waals surface area (Å²) in [4.78, 5) is 24.7. The van der Waals surface area contributed by atoms with E-state index in [1.54, 1.807) is 23.1 Å². The molecule has 1 unspecified atom stereocenters. The summed E-state index contributed by atoms with van der Waals surface area (Å²) in [5.41, 5.74) is 1.66. The molecule has 22 heavy (non-hydrogen) atoms. The van der Waals surface area contributed by atoms with E-state index in [0.717, 1.165) is 5.56 Å². The Morgan fingerprint density at radius 1 is 1.14 bits per heavy atom. The number of rotatable bonds is 4. The van der Waals surface area contributed by atoms with E-state index in [4.69, 9.17) is 0 Å². The first-order chi connectivity index (χ1) is 10.7. The minimum Gasteiger partial charge on any atom is -0.321 e. The third kappa shape index (κ3) is 2.82. The summed E-state index contributed by atoms with van der Waals surface area (Å²) < 4.78 is 0. The molecule has 5 nitrogen and oxygen atoms in total. The highest BCUT2D eigenvalue weighted by Gasteiger charge is 2.36. The van der Waals surface area contributed by atoms with E-state index in [1.165, 1.54) is 17.8 Å². The minimum atomic E-state index is -0.389. The number of carbonyl (C=O) groups excluding carboxylic acids is 1. The van der Waals surface area contributed by atoms with E-state index in [2.05, 4.69) is 0 Å². The molecule has 1 aliphatic heterocycles. The van der Waals surface area contributed by atoms with E-state index in [1.807, 2.05) is 30.3 Å². The highest BCUT2D eigenvalue weighted by atomic mass is 32.2. The molecule has 0 N–H and O–H groups in total. The molecular formula is C16H14N2O3S. The van der Waals surface area contributed by atoms with Crippen LogP contribution in [0.25, 0.3) is 0 Å². The molecule has 6 heteroatoms. The van der Waals surface area contributed by atoms with Crippen LogP contribution in [0.5, 0.6) is 0 Å². The standard InChI is InChI=1S/C16H14N2O3S/c19-15-11-22-16(13-8-4-5-9-14(13)18(20)21)17(15)10-12-6-2-1-3-7-12/h1-9,16H,10-11H2. The molecule has 1 amide bonds. The fourth-order valence-electron chi connectivity index (χ4n) is 2.53. The number of hydrogen-bond donors (Lipinski definition) is 0. The second kappa shape index (κ2) is 6.19. The summed E-state index contributed by atoms with van der Waals surface area (Å²) in [5.74, 6) is 0.362. The summed E-state index contributed by atoms with van der Waals surface area (Å²) in [7, 11) is 0. The summed E-state index contributed by atoms with van der Waals surface area (Å²) in [6, 6.07) is 16.3. The molecule has 2 aromatic rings. The maximum atomic E-state index is 12.2. The van der Waals surface area contributed by atoms with Crippen LogP contribution in [-0.4, -0.2) is 21.5 Å². The molecule has 1 saturated heterocycles. The molecule has 0 bridgehead atoms. The highest BCUT2D eigenvalue weighted by Crippen LogP contribution is 2.42. The van der Waals surface area contributed by atoms with Crippen LogP contribution in [0.3, 0.4) is 0 Å². The van der Waals surface area contributed by atoms with E-state index < -0.39 is 0 Å². The van der Waals surface area contributed by atoms with E-state index in [-0.39, 0.29) is 21.9 Å². The van der Waals surface area contributed by atoms with Gasteiger partial charge in [-0.2, -0.15) is 0 Å². The molecule has 0 aliphatic carbocycles. The Labute approximate surface area is 132 Å². The minimum absolute atomic E-state index is 0.0111. The maximum absolute atomic E-state index is 12.2. The van der Waals surface area contributed by atoms with Crippen molar-refractivity contribution in [1.29, 1.82) is 0 Å². The van der Waals surface area contributed by atoms with Crippen LogP contribution in [0.1, 0.15) is 16.5 Å². The van der Waals surface area contributed by atoms with Gasteiger partial charge in [0.25, 0.3) is 5.69 Å². The smallest absolute Gasteiger partial charge is 0.275 e. The summed E-state index contributed by atoms with van der Waals surface area (Å²) >= 11 is 1.43. The molecule has 0 saturated carbocycles. The highest BCUT2D eigenvalue weighted by molar-refractivity contribution is 8.00. The summed E-state index contributed by atoms with van der Waals surface area (Å²) in [6.45, 7) is 0.462. The number of hydrogen-bond acceptors (Lipinski definition) is 4.